The Labute approximate surface area is 78.0 Å². The van der Waals surface area contributed by atoms with Gasteiger partial charge in [0, 0.05) is 13.2 Å². The van der Waals surface area contributed by atoms with E-state index in [-0.39, 0.29) is 5.54 Å². The third-order valence-corrected chi connectivity index (χ3v) is 2.13. The Balaban J connectivity index is 2.35. The van der Waals surface area contributed by atoms with E-state index in [0.717, 1.165) is 11.6 Å². The fraction of sp³-hybridized carbons (Fsp3) is 0.500. The fourth-order valence-corrected chi connectivity index (χ4v) is 1.40. The summed E-state index contributed by atoms with van der Waals surface area (Å²) in [6, 6.07) is 4.01. The van der Waals surface area contributed by atoms with Gasteiger partial charge in [-0.15, -0.1) is 0 Å². The van der Waals surface area contributed by atoms with Gasteiger partial charge in [0.25, 0.3) is 0 Å². The van der Waals surface area contributed by atoms with Gasteiger partial charge in [0.2, 0.25) is 5.90 Å². The molecule has 0 aliphatic carbocycles. The Morgan fingerprint density at radius 2 is 2.31 bits per heavy atom. The smallest absolute Gasteiger partial charge is 0.234 e. The second-order valence-electron chi connectivity index (χ2n) is 4.02. The molecule has 0 saturated carbocycles. The highest BCUT2D eigenvalue weighted by atomic mass is 16.5. The van der Waals surface area contributed by atoms with Crippen molar-refractivity contribution in [1.82, 2.24) is 4.57 Å². The maximum absolute atomic E-state index is 5.52. The Morgan fingerprint density at radius 3 is 2.77 bits per heavy atom. The first-order valence-corrected chi connectivity index (χ1v) is 4.43. The van der Waals surface area contributed by atoms with E-state index in [0.29, 0.717) is 6.61 Å². The number of rotatable bonds is 1. The Bertz CT molecular complexity index is 350. The fourth-order valence-electron chi connectivity index (χ4n) is 1.40. The maximum Gasteiger partial charge on any atom is 0.234 e. The molecule has 0 N–H and O–H groups in total. The van der Waals surface area contributed by atoms with Crippen molar-refractivity contribution >= 4 is 5.90 Å². The van der Waals surface area contributed by atoms with Crippen LogP contribution in [0.4, 0.5) is 0 Å². The average molecular weight is 178 g/mol. The Hall–Kier alpha value is -1.25. The van der Waals surface area contributed by atoms with Crippen molar-refractivity contribution in [2.45, 2.75) is 19.4 Å². The Kier molecular flexibility index (Phi) is 1.68. The molecule has 13 heavy (non-hydrogen) atoms. The summed E-state index contributed by atoms with van der Waals surface area (Å²) in [6.07, 6.45) is 1.99. The highest BCUT2D eigenvalue weighted by Gasteiger charge is 2.27. The van der Waals surface area contributed by atoms with E-state index in [1.807, 2.05) is 29.9 Å². The van der Waals surface area contributed by atoms with Crippen LogP contribution in [0.1, 0.15) is 19.5 Å². The SMILES string of the molecule is Cn1cccc1C1=NC(C)(C)CO1. The van der Waals surface area contributed by atoms with Crippen LogP contribution in [0.5, 0.6) is 0 Å². The summed E-state index contributed by atoms with van der Waals surface area (Å²) in [5, 5.41) is 0. The van der Waals surface area contributed by atoms with Gasteiger partial charge in [0.15, 0.2) is 0 Å². The van der Waals surface area contributed by atoms with E-state index in [1.165, 1.54) is 0 Å². The number of aliphatic imine (C=N–C) groups is 1. The second kappa shape index (κ2) is 2.62. The quantitative estimate of drug-likeness (QED) is 0.641. The zero-order chi connectivity index (χ0) is 9.47. The molecule has 0 atom stereocenters. The van der Waals surface area contributed by atoms with Gasteiger partial charge in [0.05, 0.1) is 5.54 Å². The van der Waals surface area contributed by atoms with Gasteiger partial charge in [-0.1, -0.05) is 0 Å². The molecule has 2 rings (SSSR count). The molecule has 0 saturated heterocycles. The van der Waals surface area contributed by atoms with Crippen LogP contribution in [0.3, 0.4) is 0 Å². The van der Waals surface area contributed by atoms with Gasteiger partial charge in [-0.3, -0.25) is 0 Å². The standard InChI is InChI=1S/C10H14N2O/c1-10(2)7-13-9(11-10)8-5-4-6-12(8)3/h4-6H,7H2,1-3H3. The predicted molar refractivity (Wildman–Crippen MR) is 52.0 cm³/mol. The molecule has 1 aliphatic heterocycles. The number of nitrogens with zero attached hydrogens (tertiary/aromatic N) is 2. The van der Waals surface area contributed by atoms with E-state index in [1.54, 1.807) is 0 Å². The molecule has 0 bridgehead atoms. The van der Waals surface area contributed by atoms with Crippen molar-refractivity contribution in [3.8, 4) is 0 Å². The van der Waals surface area contributed by atoms with Gasteiger partial charge >= 0.3 is 0 Å². The summed E-state index contributed by atoms with van der Waals surface area (Å²) in [4.78, 5) is 4.50. The summed E-state index contributed by atoms with van der Waals surface area (Å²) in [7, 11) is 1.99. The molecule has 1 aromatic heterocycles. The molecule has 0 amide bonds. The second-order valence-corrected chi connectivity index (χ2v) is 4.02. The maximum atomic E-state index is 5.52. The normalized spacial score (nSPS) is 19.8. The molecule has 0 fully saturated rings. The molecule has 0 unspecified atom stereocenters. The van der Waals surface area contributed by atoms with Gasteiger partial charge in [-0.05, 0) is 26.0 Å². The van der Waals surface area contributed by atoms with Crippen molar-refractivity contribution in [2.75, 3.05) is 6.61 Å². The highest BCUT2D eigenvalue weighted by molar-refractivity contribution is 5.93. The first-order chi connectivity index (χ1) is 6.08. The van der Waals surface area contributed by atoms with Crippen LogP contribution in [-0.2, 0) is 11.8 Å². The summed E-state index contributed by atoms with van der Waals surface area (Å²) in [6.45, 7) is 4.82. The van der Waals surface area contributed by atoms with Crippen molar-refractivity contribution in [3.05, 3.63) is 24.0 Å². The molecule has 3 heteroatoms. The highest BCUT2D eigenvalue weighted by Crippen LogP contribution is 2.20. The lowest BCUT2D eigenvalue weighted by Gasteiger charge is -2.07. The molecule has 0 spiro atoms. The number of hydrogen-bond acceptors (Lipinski definition) is 2. The first-order valence-electron chi connectivity index (χ1n) is 4.43. The van der Waals surface area contributed by atoms with Gasteiger partial charge in [0.1, 0.15) is 12.3 Å². The van der Waals surface area contributed by atoms with Crippen molar-refractivity contribution in [2.24, 2.45) is 12.0 Å². The minimum atomic E-state index is -0.0698. The number of ether oxygens (including phenoxy) is 1. The third kappa shape index (κ3) is 1.46. The van der Waals surface area contributed by atoms with Crippen molar-refractivity contribution in [3.63, 3.8) is 0 Å². The predicted octanol–water partition coefficient (Wildman–Crippen LogP) is 1.58. The molecular weight excluding hydrogens is 164 g/mol. The molecule has 0 aromatic carbocycles. The lowest BCUT2D eigenvalue weighted by Crippen LogP contribution is -2.17. The lowest BCUT2D eigenvalue weighted by atomic mass is 10.1. The summed E-state index contributed by atoms with van der Waals surface area (Å²) >= 11 is 0. The van der Waals surface area contributed by atoms with Crippen LogP contribution in [0.25, 0.3) is 0 Å². The number of hydrogen-bond donors (Lipinski definition) is 0. The molecule has 1 aromatic rings. The third-order valence-electron chi connectivity index (χ3n) is 2.13. The average Bonchev–Trinajstić information content (AvgIpc) is 2.56. The van der Waals surface area contributed by atoms with Crippen LogP contribution < -0.4 is 0 Å². The monoisotopic (exact) mass is 178 g/mol. The molecule has 1 aliphatic rings. The Morgan fingerprint density at radius 1 is 1.54 bits per heavy atom. The molecule has 0 radical (unpaired) electrons. The van der Waals surface area contributed by atoms with E-state index < -0.39 is 0 Å². The van der Waals surface area contributed by atoms with Gasteiger partial charge in [-0.2, -0.15) is 0 Å². The summed E-state index contributed by atoms with van der Waals surface area (Å²) in [5.74, 6) is 0.762. The minimum absolute atomic E-state index is 0.0698. The van der Waals surface area contributed by atoms with Gasteiger partial charge < -0.3 is 9.30 Å². The number of aromatic nitrogens is 1. The van der Waals surface area contributed by atoms with Crippen LogP contribution in [0.2, 0.25) is 0 Å². The van der Waals surface area contributed by atoms with Crippen LogP contribution in [0, 0.1) is 0 Å². The zero-order valence-electron chi connectivity index (χ0n) is 8.24. The van der Waals surface area contributed by atoms with E-state index in [9.17, 15) is 0 Å². The van der Waals surface area contributed by atoms with Crippen molar-refractivity contribution in [1.29, 1.82) is 0 Å². The van der Waals surface area contributed by atoms with E-state index >= 15 is 0 Å². The minimum Gasteiger partial charge on any atom is -0.474 e. The first kappa shape index (κ1) is 8.35. The molecule has 3 nitrogen and oxygen atoms in total. The summed E-state index contributed by atoms with van der Waals surface area (Å²) in [5.41, 5.74) is 0.977. The van der Waals surface area contributed by atoms with E-state index in [4.69, 9.17) is 4.74 Å². The molecular formula is C10H14N2O. The van der Waals surface area contributed by atoms with Crippen LogP contribution in [0.15, 0.2) is 23.3 Å². The topological polar surface area (TPSA) is 26.5 Å². The van der Waals surface area contributed by atoms with Crippen LogP contribution in [-0.4, -0.2) is 22.6 Å². The lowest BCUT2D eigenvalue weighted by molar-refractivity contribution is 0.278. The zero-order valence-corrected chi connectivity index (χ0v) is 8.24. The van der Waals surface area contributed by atoms with Crippen LogP contribution >= 0.6 is 0 Å². The largest absolute Gasteiger partial charge is 0.474 e. The molecule has 70 valence electrons. The van der Waals surface area contributed by atoms with E-state index in [2.05, 4.69) is 18.8 Å². The van der Waals surface area contributed by atoms with Gasteiger partial charge in [-0.25, -0.2) is 4.99 Å². The molecule has 2 heterocycles. The number of aryl methyl sites for hydroxylation is 1. The summed E-state index contributed by atoms with van der Waals surface area (Å²) < 4.78 is 7.54. The van der Waals surface area contributed by atoms with Crippen molar-refractivity contribution < 1.29 is 4.74 Å².